The number of allylic oxidation sites excluding steroid dienone is 2. The van der Waals surface area contributed by atoms with Gasteiger partial charge in [0.2, 0.25) is 0 Å². The van der Waals surface area contributed by atoms with E-state index in [0.29, 0.717) is 5.69 Å². The second kappa shape index (κ2) is 6.11. The zero-order chi connectivity index (χ0) is 14.5. The fourth-order valence-electron chi connectivity index (χ4n) is 2.22. The van der Waals surface area contributed by atoms with E-state index in [1.165, 1.54) is 0 Å². The van der Waals surface area contributed by atoms with Gasteiger partial charge in [0.25, 0.3) is 0 Å². The van der Waals surface area contributed by atoms with Crippen LogP contribution < -0.4 is 5.73 Å². The molecule has 0 aliphatic carbocycles. The number of rotatable bonds is 5. The van der Waals surface area contributed by atoms with Crippen molar-refractivity contribution < 1.29 is 5.11 Å². The van der Waals surface area contributed by atoms with E-state index in [0.717, 1.165) is 35.1 Å². The molecule has 0 saturated carbocycles. The highest BCUT2D eigenvalue weighted by Crippen LogP contribution is 2.34. The van der Waals surface area contributed by atoms with Gasteiger partial charge in [-0.3, -0.25) is 0 Å². The van der Waals surface area contributed by atoms with Gasteiger partial charge < -0.3 is 10.8 Å². The molecule has 2 aromatic carbocycles. The molecule has 0 aromatic heterocycles. The van der Waals surface area contributed by atoms with E-state index in [-0.39, 0.29) is 5.75 Å². The maximum absolute atomic E-state index is 10.1. The largest absolute Gasteiger partial charge is 0.507 e. The van der Waals surface area contributed by atoms with Gasteiger partial charge in [-0.05, 0) is 48.2 Å². The monoisotopic (exact) mass is 265 g/mol. The van der Waals surface area contributed by atoms with E-state index in [4.69, 9.17) is 5.73 Å². The molecule has 0 radical (unpaired) electrons. The van der Waals surface area contributed by atoms with Crippen LogP contribution in [-0.4, -0.2) is 5.11 Å². The summed E-state index contributed by atoms with van der Waals surface area (Å²) in [6.45, 7) is 7.48. The van der Waals surface area contributed by atoms with Crippen molar-refractivity contribution in [1.29, 1.82) is 0 Å². The van der Waals surface area contributed by atoms with Crippen LogP contribution in [0.3, 0.4) is 0 Å². The number of benzene rings is 2. The molecule has 2 heteroatoms. The van der Waals surface area contributed by atoms with Crippen LogP contribution in [0.15, 0.2) is 61.7 Å². The van der Waals surface area contributed by atoms with E-state index in [1.807, 2.05) is 42.5 Å². The smallest absolute Gasteiger partial charge is 0.123 e. The summed E-state index contributed by atoms with van der Waals surface area (Å²) in [5.74, 6) is 0.236. The van der Waals surface area contributed by atoms with Crippen LogP contribution in [0.1, 0.15) is 11.1 Å². The number of hydrogen-bond donors (Lipinski definition) is 2. The van der Waals surface area contributed by atoms with Gasteiger partial charge in [-0.2, -0.15) is 0 Å². The normalized spacial score (nSPS) is 10.2. The first-order valence-electron chi connectivity index (χ1n) is 6.58. The average molecular weight is 265 g/mol. The maximum Gasteiger partial charge on any atom is 0.123 e. The van der Waals surface area contributed by atoms with Crippen molar-refractivity contribution in [3.05, 3.63) is 72.8 Å². The standard InChI is InChI=1S/C18H19NO/c1-3-5-13-7-9-17(19)15(11-13)16-12-14(6-4-2)8-10-18(16)20/h3-4,7-12,20H,1-2,5-6,19H2. The van der Waals surface area contributed by atoms with E-state index < -0.39 is 0 Å². The number of aromatic hydroxyl groups is 1. The third kappa shape index (κ3) is 2.91. The van der Waals surface area contributed by atoms with Gasteiger partial charge in [0, 0.05) is 16.8 Å². The summed E-state index contributed by atoms with van der Waals surface area (Å²) in [5, 5.41) is 10.1. The Morgan fingerprint density at radius 1 is 0.900 bits per heavy atom. The fourth-order valence-corrected chi connectivity index (χ4v) is 2.22. The maximum atomic E-state index is 10.1. The Kier molecular flexibility index (Phi) is 4.26. The first kappa shape index (κ1) is 13.9. The molecule has 3 N–H and O–H groups in total. The van der Waals surface area contributed by atoms with Crippen LogP contribution in [0.2, 0.25) is 0 Å². The van der Waals surface area contributed by atoms with E-state index >= 15 is 0 Å². The van der Waals surface area contributed by atoms with Crippen LogP contribution in [0.5, 0.6) is 5.75 Å². The van der Waals surface area contributed by atoms with Crippen molar-refractivity contribution in [3.63, 3.8) is 0 Å². The van der Waals surface area contributed by atoms with Crippen molar-refractivity contribution >= 4 is 5.69 Å². The summed E-state index contributed by atoms with van der Waals surface area (Å²) < 4.78 is 0. The van der Waals surface area contributed by atoms with Gasteiger partial charge in [0.15, 0.2) is 0 Å². The lowest BCUT2D eigenvalue weighted by Gasteiger charge is -2.11. The Morgan fingerprint density at radius 2 is 1.45 bits per heavy atom. The summed E-state index contributed by atoms with van der Waals surface area (Å²) in [4.78, 5) is 0. The highest BCUT2D eigenvalue weighted by molar-refractivity contribution is 5.81. The average Bonchev–Trinajstić information content (AvgIpc) is 2.44. The second-order valence-corrected chi connectivity index (χ2v) is 4.76. The van der Waals surface area contributed by atoms with E-state index in [2.05, 4.69) is 13.2 Å². The molecule has 0 atom stereocenters. The lowest BCUT2D eigenvalue weighted by Crippen LogP contribution is -1.94. The predicted octanol–water partition coefficient (Wildman–Crippen LogP) is 4.10. The number of hydrogen-bond acceptors (Lipinski definition) is 2. The molecule has 2 aromatic rings. The van der Waals surface area contributed by atoms with E-state index in [9.17, 15) is 5.11 Å². The van der Waals surface area contributed by atoms with Gasteiger partial charge in [-0.25, -0.2) is 0 Å². The molecule has 0 fully saturated rings. The lowest BCUT2D eigenvalue weighted by atomic mass is 9.97. The molecule has 0 heterocycles. The quantitative estimate of drug-likeness (QED) is 0.631. The Balaban J connectivity index is 2.54. The molecule has 0 aliphatic heterocycles. The zero-order valence-electron chi connectivity index (χ0n) is 11.5. The van der Waals surface area contributed by atoms with Crippen LogP contribution in [0.25, 0.3) is 11.1 Å². The predicted molar refractivity (Wildman–Crippen MR) is 85.8 cm³/mol. The molecule has 0 spiro atoms. The number of anilines is 1. The summed E-state index contributed by atoms with van der Waals surface area (Å²) >= 11 is 0. The molecule has 0 saturated heterocycles. The molecular formula is C18H19NO. The third-order valence-corrected chi connectivity index (χ3v) is 3.23. The Morgan fingerprint density at radius 3 is 2.05 bits per heavy atom. The highest BCUT2D eigenvalue weighted by Gasteiger charge is 2.09. The summed E-state index contributed by atoms with van der Waals surface area (Å²) in [6.07, 6.45) is 5.23. The van der Waals surface area contributed by atoms with Crippen LogP contribution >= 0.6 is 0 Å². The molecule has 0 amide bonds. The molecule has 102 valence electrons. The Bertz CT molecular complexity index is 586. The zero-order valence-corrected chi connectivity index (χ0v) is 11.5. The number of nitrogen functional groups attached to an aromatic ring is 1. The molecular weight excluding hydrogens is 246 g/mol. The fraction of sp³-hybridized carbons (Fsp3) is 0.111. The van der Waals surface area contributed by atoms with Gasteiger partial charge >= 0.3 is 0 Å². The van der Waals surface area contributed by atoms with Crippen molar-refractivity contribution in [2.75, 3.05) is 5.73 Å². The first-order chi connectivity index (χ1) is 9.65. The topological polar surface area (TPSA) is 46.2 Å². The molecule has 0 bridgehead atoms. The molecule has 2 nitrogen and oxygen atoms in total. The van der Waals surface area contributed by atoms with Crippen LogP contribution in [-0.2, 0) is 12.8 Å². The van der Waals surface area contributed by atoms with E-state index in [1.54, 1.807) is 6.07 Å². The second-order valence-electron chi connectivity index (χ2n) is 4.76. The van der Waals surface area contributed by atoms with Gasteiger partial charge in [0.05, 0.1) is 0 Å². The van der Waals surface area contributed by atoms with Crippen LogP contribution in [0, 0.1) is 0 Å². The minimum Gasteiger partial charge on any atom is -0.507 e. The lowest BCUT2D eigenvalue weighted by molar-refractivity contribution is 0.477. The number of nitrogens with two attached hydrogens (primary N) is 1. The summed E-state index contributed by atoms with van der Waals surface area (Å²) in [7, 11) is 0. The first-order valence-corrected chi connectivity index (χ1v) is 6.58. The number of phenolic OH excluding ortho intramolecular Hbond substituents is 1. The SMILES string of the molecule is C=CCc1ccc(N)c(-c2cc(CC=C)ccc2O)c1. The van der Waals surface area contributed by atoms with Crippen LogP contribution in [0.4, 0.5) is 5.69 Å². The summed E-state index contributed by atoms with van der Waals surface area (Å²) in [5.41, 5.74) is 10.5. The Hall–Kier alpha value is -2.48. The number of phenols is 1. The van der Waals surface area contributed by atoms with Crippen molar-refractivity contribution in [3.8, 4) is 16.9 Å². The Labute approximate surface area is 119 Å². The minimum atomic E-state index is 0.236. The summed E-state index contributed by atoms with van der Waals surface area (Å²) in [6, 6.07) is 11.4. The van der Waals surface area contributed by atoms with Gasteiger partial charge in [-0.1, -0.05) is 24.3 Å². The molecule has 2 rings (SSSR count). The minimum absolute atomic E-state index is 0.236. The molecule has 20 heavy (non-hydrogen) atoms. The van der Waals surface area contributed by atoms with Crippen molar-refractivity contribution in [2.45, 2.75) is 12.8 Å². The third-order valence-electron chi connectivity index (χ3n) is 3.23. The van der Waals surface area contributed by atoms with Gasteiger partial charge in [-0.15, -0.1) is 13.2 Å². The molecule has 0 unspecified atom stereocenters. The molecule has 0 aliphatic rings. The van der Waals surface area contributed by atoms with Crippen molar-refractivity contribution in [2.24, 2.45) is 0 Å². The van der Waals surface area contributed by atoms with Crippen molar-refractivity contribution in [1.82, 2.24) is 0 Å². The van der Waals surface area contributed by atoms with Gasteiger partial charge in [0.1, 0.15) is 5.75 Å². The highest BCUT2D eigenvalue weighted by atomic mass is 16.3.